The molecule has 1 heterocycles. The highest BCUT2D eigenvalue weighted by Crippen LogP contribution is 2.27. The van der Waals surface area contributed by atoms with Crippen LogP contribution in [0.2, 0.25) is 15.2 Å². The van der Waals surface area contributed by atoms with Crippen LogP contribution in [-0.4, -0.2) is 15.9 Å². The number of halogens is 3. The molecule has 0 aliphatic carbocycles. The van der Waals surface area contributed by atoms with Crippen LogP contribution in [0.3, 0.4) is 0 Å². The lowest BCUT2D eigenvalue weighted by Gasteiger charge is -2.09. The maximum atomic E-state index is 12.1. The second-order valence-electron chi connectivity index (χ2n) is 3.49. The zero-order valence-electron chi connectivity index (χ0n) is 9.32. The molecule has 5 nitrogen and oxygen atoms in total. The van der Waals surface area contributed by atoms with Gasteiger partial charge in [0.1, 0.15) is 11.3 Å². The highest BCUT2D eigenvalue weighted by Gasteiger charge is 2.17. The first-order chi connectivity index (χ1) is 9.00. The first kappa shape index (κ1) is 13.9. The third-order valence-corrected chi connectivity index (χ3v) is 3.31. The van der Waals surface area contributed by atoms with Crippen molar-refractivity contribution in [2.75, 3.05) is 11.1 Å². The maximum absolute atomic E-state index is 12.1. The normalized spacial score (nSPS) is 10.3. The van der Waals surface area contributed by atoms with E-state index >= 15 is 0 Å². The molecule has 1 aromatic heterocycles. The van der Waals surface area contributed by atoms with Crippen molar-refractivity contribution in [3.63, 3.8) is 0 Å². The third-order valence-electron chi connectivity index (χ3n) is 2.25. The Morgan fingerprint density at radius 1 is 1.21 bits per heavy atom. The molecule has 0 atom stereocenters. The summed E-state index contributed by atoms with van der Waals surface area (Å²) >= 11 is 17.5. The largest absolute Gasteiger partial charge is 0.398 e. The summed E-state index contributed by atoms with van der Waals surface area (Å²) in [5, 5.41) is 2.79. The molecule has 1 amide bonds. The molecule has 0 fully saturated rings. The highest BCUT2D eigenvalue weighted by molar-refractivity contribution is 6.43. The second-order valence-corrected chi connectivity index (χ2v) is 4.63. The number of rotatable bonds is 2. The van der Waals surface area contributed by atoms with Crippen molar-refractivity contribution in [1.82, 2.24) is 9.97 Å². The SMILES string of the molecule is Nc1cccc(Cl)c1C(=O)Nc1ncnc(Cl)c1Cl. The molecule has 8 heteroatoms. The van der Waals surface area contributed by atoms with Gasteiger partial charge in [0.05, 0.1) is 10.6 Å². The number of anilines is 2. The van der Waals surface area contributed by atoms with Gasteiger partial charge in [0.15, 0.2) is 11.0 Å². The standard InChI is InChI=1S/C11H7Cl3N4O/c12-5-2-1-3-6(15)7(5)11(19)18-10-8(13)9(14)16-4-17-10/h1-4H,15H2,(H,16,17,18,19). The zero-order chi connectivity index (χ0) is 14.0. The highest BCUT2D eigenvalue weighted by atomic mass is 35.5. The summed E-state index contributed by atoms with van der Waals surface area (Å²) in [5.41, 5.74) is 6.11. The number of nitrogen functional groups attached to an aromatic ring is 1. The monoisotopic (exact) mass is 316 g/mol. The second kappa shape index (κ2) is 5.61. The van der Waals surface area contributed by atoms with Gasteiger partial charge < -0.3 is 11.1 Å². The molecule has 0 bridgehead atoms. The van der Waals surface area contributed by atoms with E-state index in [1.54, 1.807) is 18.2 Å². The Hall–Kier alpha value is -1.56. The third kappa shape index (κ3) is 2.89. The van der Waals surface area contributed by atoms with E-state index in [1.165, 1.54) is 6.33 Å². The lowest BCUT2D eigenvalue weighted by Crippen LogP contribution is -2.16. The van der Waals surface area contributed by atoms with Crippen LogP contribution in [0.1, 0.15) is 10.4 Å². The summed E-state index contributed by atoms with van der Waals surface area (Å²) in [4.78, 5) is 19.6. The van der Waals surface area contributed by atoms with Crippen LogP contribution in [0.15, 0.2) is 24.5 Å². The van der Waals surface area contributed by atoms with E-state index in [1.807, 2.05) is 0 Å². The number of hydrogen-bond acceptors (Lipinski definition) is 4. The molecule has 0 radical (unpaired) electrons. The number of amides is 1. The Morgan fingerprint density at radius 3 is 2.63 bits per heavy atom. The molecule has 0 unspecified atom stereocenters. The van der Waals surface area contributed by atoms with Gasteiger partial charge in [-0.3, -0.25) is 4.79 Å². The quantitative estimate of drug-likeness (QED) is 0.658. The Kier molecular flexibility index (Phi) is 4.09. The zero-order valence-corrected chi connectivity index (χ0v) is 11.6. The van der Waals surface area contributed by atoms with Gasteiger partial charge >= 0.3 is 0 Å². The number of nitrogens with zero attached hydrogens (tertiary/aromatic N) is 2. The van der Waals surface area contributed by atoms with Crippen molar-refractivity contribution in [1.29, 1.82) is 0 Å². The van der Waals surface area contributed by atoms with E-state index in [-0.39, 0.29) is 32.3 Å². The number of hydrogen-bond donors (Lipinski definition) is 2. The van der Waals surface area contributed by atoms with Crippen molar-refractivity contribution < 1.29 is 4.79 Å². The van der Waals surface area contributed by atoms with Crippen LogP contribution < -0.4 is 11.1 Å². The Labute approximate surface area is 123 Å². The van der Waals surface area contributed by atoms with E-state index in [9.17, 15) is 4.79 Å². The van der Waals surface area contributed by atoms with Crippen molar-refractivity contribution in [3.05, 3.63) is 45.3 Å². The smallest absolute Gasteiger partial charge is 0.260 e. The van der Waals surface area contributed by atoms with E-state index in [0.29, 0.717) is 0 Å². The Morgan fingerprint density at radius 2 is 1.95 bits per heavy atom. The predicted octanol–water partition coefficient (Wildman–Crippen LogP) is 3.27. The first-order valence-corrected chi connectivity index (χ1v) is 6.15. The summed E-state index contributed by atoms with van der Waals surface area (Å²) in [6, 6.07) is 4.76. The van der Waals surface area contributed by atoms with Crippen LogP contribution in [0.25, 0.3) is 0 Å². The number of carbonyl (C=O) groups excluding carboxylic acids is 1. The fourth-order valence-electron chi connectivity index (χ4n) is 1.39. The summed E-state index contributed by atoms with van der Waals surface area (Å²) in [6.45, 7) is 0. The fraction of sp³-hybridized carbons (Fsp3) is 0. The van der Waals surface area contributed by atoms with Crippen molar-refractivity contribution in [3.8, 4) is 0 Å². The van der Waals surface area contributed by atoms with Crippen molar-refractivity contribution >= 4 is 52.2 Å². The molecular formula is C11H7Cl3N4O. The molecule has 19 heavy (non-hydrogen) atoms. The Bertz CT molecular complexity index is 628. The van der Waals surface area contributed by atoms with E-state index in [0.717, 1.165) is 0 Å². The molecule has 98 valence electrons. The van der Waals surface area contributed by atoms with Gasteiger partial charge in [0.2, 0.25) is 0 Å². The molecule has 0 aliphatic heterocycles. The van der Waals surface area contributed by atoms with Crippen molar-refractivity contribution in [2.24, 2.45) is 0 Å². The summed E-state index contributed by atoms with van der Waals surface area (Å²) < 4.78 is 0. The van der Waals surface area contributed by atoms with Crippen molar-refractivity contribution in [2.45, 2.75) is 0 Å². The van der Waals surface area contributed by atoms with Gasteiger partial charge in [-0.15, -0.1) is 0 Å². The lowest BCUT2D eigenvalue weighted by atomic mass is 10.1. The summed E-state index contributed by atoms with van der Waals surface area (Å²) in [5.74, 6) is -0.439. The topological polar surface area (TPSA) is 80.9 Å². The number of benzene rings is 1. The molecule has 2 aromatic rings. The number of nitrogens with one attached hydrogen (secondary N) is 1. The van der Waals surface area contributed by atoms with E-state index in [2.05, 4.69) is 15.3 Å². The summed E-state index contributed by atoms with van der Waals surface area (Å²) in [6.07, 6.45) is 1.18. The predicted molar refractivity (Wildman–Crippen MR) is 75.9 cm³/mol. The van der Waals surface area contributed by atoms with Gasteiger partial charge in [-0.1, -0.05) is 40.9 Å². The van der Waals surface area contributed by atoms with Crippen LogP contribution >= 0.6 is 34.8 Å². The number of nitrogens with two attached hydrogens (primary N) is 1. The first-order valence-electron chi connectivity index (χ1n) is 5.02. The average molecular weight is 318 g/mol. The van der Waals surface area contributed by atoms with E-state index in [4.69, 9.17) is 40.5 Å². The fourth-order valence-corrected chi connectivity index (χ4v) is 1.93. The maximum Gasteiger partial charge on any atom is 0.260 e. The number of aromatic nitrogens is 2. The molecule has 3 N–H and O–H groups in total. The van der Waals surface area contributed by atoms with Gasteiger partial charge in [0, 0.05) is 5.69 Å². The lowest BCUT2D eigenvalue weighted by molar-refractivity contribution is 0.102. The molecule has 0 aliphatic rings. The molecule has 0 saturated heterocycles. The van der Waals surface area contributed by atoms with Gasteiger partial charge in [-0.25, -0.2) is 9.97 Å². The minimum Gasteiger partial charge on any atom is -0.398 e. The van der Waals surface area contributed by atoms with Gasteiger partial charge in [0.25, 0.3) is 5.91 Å². The van der Waals surface area contributed by atoms with E-state index < -0.39 is 5.91 Å². The minimum absolute atomic E-state index is 0.0408. The van der Waals surface area contributed by atoms with Crippen LogP contribution in [0, 0.1) is 0 Å². The van der Waals surface area contributed by atoms with Gasteiger partial charge in [-0.05, 0) is 12.1 Å². The molecule has 1 aromatic carbocycles. The Balaban J connectivity index is 2.34. The van der Waals surface area contributed by atoms with Gasteiger partial charge in [-0.2, -0.15) is 0 Å². The van der Waals surface area contributed by atoms with Crippen LogP contribution in [0.5, 0.6) is 0 Å². The number of carbonyl (C=O) groups is 1. The minimum atomic E-state index is -0.528. The molecule has 0 spiro atoms. The molecule has 2 rings (SSSR count). The van der Waals surface area contributed by atoms with Crippen LogP contribution in [0.4, 0.5) is 11.5 Å². The van der Waals surface area contributed by atoms with Crippen LogP contribution in [-0.2, 0) is 0 Å². The summed E-state index contributed by atoms with van der Waals surface area (Å²) in [7, 11) is 0. The average Bonchev–Trinajstić information content (AvgIpc) is 2.35. The molecular weight excluding hydrogens is 311 g/mol. The molecule has 0 saturated carbocycles.